The summed E-state index contributed by atoms with van der Waals surface area (Å²) >= 11 is 3.63. The van der Waals surface area contributed by atoms with Crippen LogP contribution in [-0.2, 0) is 0 Å². The first kappa shape index (κ1) is 19.4. The molecule has 144 valence electrons. The molecule has 3 rings (SSSR count). The molecule has 2 aliphatic rings. The van der Waals surface area contributed by atoms with Crippen LogP contribution in [0, 0.1) is 5.41 Å². The van der Waals surface area contributed by atoms with Gasteiger partial charge in [0.2, 0.25) is 0 Å². The molecule has 0 amide bonds. The van der Waals surface area contributed by atoms with Crippen LogP contribution >= 0.6 is 15.9 Å². The third kappa shape index (κ3) is 3.43. The van der Waals surface area contributed by atoms with Gasteiger partial charge < -0.3 is 5.11 Å². The third-order valence-corrected chi connectivity index (χ3v) is 6.37. The quantitative estimate of drug-likeness (QED) is 0.541. The van der Waals surface area contributed by atoms with Gasteiger partial charge in [-0.1, -0.05) is 29.8 Å². The van der Waals surface area contributed by atoms with Crippen molar-refractivity contribution in [1.82, 2.24) is 14.6 Å². The molecule has 1 fully saturated rings. The maximum atomic E-state index is 9.72. The first-order chi connectivity index (χ1) is 12.0. The molecule has 0 radical (unpaired) electrons. The molecule has 1 saturated heterocycles. The van der Waals surface area contributed by atoms with E-state index in [1.54, 1.807) is 6.20 Å². The molecule has 2 aliphatic heterocycles. The predicted octanol–water partition coefficient (Wildman–Crippen LogP) is 1.06. The number of alkyl halides is 1. The van der Waals surface area contributed by atoms with Gasteiger partial charge in [0, 0.05) is 31.9 Å². The van der Waals surface area contributed by atoms with Crippen LogP contribution in [0.4, 0.5) is 0 Å². The summed E-state index contributed by atoms with van der Waals surface area (Å²) < 4.78 is 1.98. The van der Waals surface area contributed by atoms with Crippen molar-refractivity contribution in [2.75, 3.05) is 25.1 Å². The van der Waals surface area contributed by atoms with E-state index in [2.05, 4.69) is 60.4 Å². The lowest BCUT2D eigenvalue weighted by Gasteiger charge is -2.48. The smallest absolute Gasteiger partial charge is 0.161 e. The second kappa shape index (κ2) is 6.68. The predicted molar refractivity (Wildman–Crippen MR) is 109 cm³/mol. The minimum Gasteiger partial charge on any atom is -0.515 e. The van der Waals surface area contributed by atoms with Crippen LogP contribution in [0.2, 0.25) is 0 Å². The van der Waals surface area contributed by atoms with E-state index < -0.39 is 0 Å². The van der Waals surface area contributed by atoms with Gasteiger partial charge in [0.25, 0.3) is 0 Å². The summed E-state index contributed by atoms with van der Waals surface area (Å²) in [5.41, 5.74) is 1.81. The van der Waals surface area contributed by atoms with E-state index >= 15 is 0 Å². The molecule has 3 heterocycles. The topological polar surface area (TPSA) is 56.9 Å². The SMILES string of the molecule is CN1C(Br)C=c2ncc(=CO)c(=NC3CCN(C(C)(C)C)CC3(C)C)n21. The van der Waals surface area contributed by atoms with Gasteiger partial charge in [-0.05, 0) is 38.7 Å². The molecule has 0 bridgehead atoms. The fourth-order valence-corrected chi connectivity index (χ4v) is 4.19. The Morgan fingerprint density at radius 2 is 2.08 bits per heavy atom. The Morgan fingerprint density at radius 1 is 1.38 bits per heavy atom. The molecule has 0 spiro atoms. The highest BCUT2D eigenvalue weighted by Crippen LogP contribution is 2.34. The van der Waals surface area contributed by atoms with Crippen molar-refractivity contribution in [2.24, 2.45) is 10.4 Å². The van der Waals surface area contributed by atoms with Crippen LogP contribution in [0.1, 0.15) is 41.0 Å². The number of piperidine rings is 1. The average Bonchev–Trinajstić information content (AvgIpc) is 2.83. The Hall–Kier alpha value is -1.34. The number of aromatic nitrogens is 2. The van der Waals surface area contributed by atoms with E-state index in [4.69, 9.17) is 4.99 Å². The van der Waals surface area contributed by atoms with Crippen LogP contribution in [-0.4, -0.2) is 56.3 Å². The maximum Gasteiger partial charge on any atom is 0.161 e. The van der Waals surface area contributed by atoms with Crippen LogP contribution in [0.3, 0.4) is 0 Å². The zero-order chi connectivity index (χ0) is 19.3. The molecule has 0 aliphatic carbocycles. The lowest BCUT2D eigenvalue weighted by molar-refractivity contribution is 0.0295. The van der Waals surface area contributed by atoms with Gasteiger partial charge in [-0.3, -0.25) is 14.9 Å². The standard InChI is InChI=1S/C19H30BrN5O/c1-18(2,3)24-8-7-14(19(4,5)12-24)22-17-13(11-26)10-21-16-9-15(20)23(6)25(16)17/h9-11,14-15,26H,7-8,12H2,1-6H3. The van der Waals surface area contributed by atoms with Gasteiger partial charge in [-0.2, -0.15) is 0 Å². The van der Waals surface area contributed by atoms with Crippen molar-refractivity contribution >= 4 is 28.3 Å². The van der Waals surface area contributed by atoms with E-state index in [9.17, 15) is 5.11 Å². The lowest BCUT2D eigenvalue weighted by Crippen LogP contribution is -2.56. The summed E-state index contributed by atoms with van der Waals surface area (Å²) in [5.74, 6) is 0. The van der Waals surface area contributed by atoms with Crippen LogP contribution < -0.4 is 21.2 Å². The minimum absolute atomic E-state index is 0.0453. The van der Waals surface area contributed by atoms with Gasteiger partial charge in [-0.15, -0.1) is 0 Å². The Morgan fingerprint density at radius 3 is 2.65 bits per heavy atom. The summed E-state index contributed by atoms with van der Waals surface area (Å²) in [5, 5.41) is 12.4. The fraction of sp³-hybridized carbons (Fsp3) is 0.684. The van der Waals surface area contributed by atoms with Crippen LogP contribution in [0.5, 0.6) is 0 Å². The molecular weight excluding hydrogens is 394 g/mol. The number of halogens is 1. The molecule has 1 aromatic heterocycles. The van der Waals surface area contributed by atoms with E-state index in [1.165, 1.54) is 0 Å². The number of rotatable bonds is 1. The number of hydrogen-bond acceptors (Lipinski definition) is 5. The second-order valence-electron chi connectivity index (χ2n) is 8.96. The van der Waals surface area contributed by atoms with E-state index in [0.29, 0.717) is 5.22 Å². The van der Waals surface area contributed by atoms with Crippen molar-refractivity contribution in [2.45, 2.75) is 57.6 Å². The number of aliphatic hydroxyl groups is 1. The highest BCUT2D eigenvalue weighted by molar-refractivity contribution is 9.09. The molecule has 2 unspecified atom stereocenters. The Kier molecular flexibility index (Phi) is 4.99. The summed E-state index contributed by atoms with van der Waals surface area (Å²) in [7, 11) is 1.99. The highest BCUT2D eigenvalue weighted by Gasteiger charge is 2.39. The van der Waals surface area contributed by atoms with Gasteiger partial charge >= 0.3 is 0 Å². The van der Waals surface area contributed by atoms with Crippen molar-refractivity contribution in [3.63, 3.8) is 0 Å². The third-order valence-electron chi connectivity index (χ3n) is 5.51. The van der Waals surface area contributed by atoms with Crippen LogP contribution in [0.15, 0.2) is 11.2 Å². The van der Waals surface area contributed by atoms with Gasteiger partial charge in [0.15, 0.2) is 11.0 Å². The summed E-state index contributed by atoms with van der Waals surface area (Å²) in [6.07, 6.45) is 5.83. The number of likely N-dealkylation sites (tertiary alicyclic amines) is 1. The molecule has 1 N–H and O–H groups in total. The number of hydrogen-bond donors (Lipinski definition) is 1. The van der Waals surface area contributed by atoms with Crippen LogP contribution in [0.25, 0.3) is 12.3 Å². The van der Waals surface area contributed by atoms with E-state index in [0.717, 1.165) is 36.7 Å². The molecular formula is C19H30BrN5O. The normalized spacial score (nSPS) is 27.6. The van der Waals surface area contributed by atoms with Gasteiger partial charge in [-0.25, -0.2) is 9.66 Å². The monoisotopic (exact) mass is 423 g/mol. The number of aliphatic hydroxyl groups excluding tert-OH is 1. The molecule has 1 aromatic rings. The Labute approximate surface area is 163 Å². The molecule has 0 saturated carbocycles. The number of nitrogens with zero attached hydrogens (tertiary/aromatic N) is 5. The Balaban J connectivity index is 2.08. The first-order valence-electron chi connectivity index (χ1n) is 9.15. The lowest BCUT2D eigenvalue weighted by atomic mass is 9.78. The largest absolute Gasteiger partial charge is 0.515 e. The average molecular weight is 424 g/mol. The van der Waals surface area contributed by atoms with Crippen molar-refractivity contribution in [3.8, 4) is 0 Å². The molecule has 6 nitrogen and oxygen atoms in total. The highest BCUT2D eigenvalue weighted by atomic mass is 79.9. The van der Waals surface area contributed by atoms with E-state index in [-0.39, 0.29) is 21.9 Å². The van der Waals surface area contributed by atoms with Gasteiger partial charge in [0.05, 0.1) is 17.5 Å². The maximum absolute atomic E-state index is 9.72. The summed E-state index contributed by atoms with van der Waals surface area (Å²) in [6, 6.07) is 0.182. The van der Waals surface area contributed by atoms with E-state index in [1.807, 2.05) is 22.8 Å². The zero-order valence-electron chi connectivity index (χ0n) is 16.6. The molecule has 26 heavy (non-hydrogen) atoms. The van der Waals surface area contributed by atoms with Gasteiger partial charge in [0.1, 0.15) is 4.95 Å². The molecule has 7 heteroatoms. The fourth-order valence-electron chi connectivity index (χ4n) is 3.77. The summed E-state index contributed by atoms with van der Waals surface area (Å²) in [4.78, 5) is 12.2. The zero-order valence-corrected chi connectivity index (χ0v) is 18.2. The van der Waals surface area contributed by atoms with Crippen molar-refractivity contribution < 1.29 is 5.11 Å². The van der Waals surface area contributed by atoms with Crippen molar-refractivity contribution in [1.29, 1.82) is 0 Å². The minimum atomic E-state index is 0.0453. The van der Waals surface area contributed by atoms with Crippen molar-refractivity contribution in [3.05, 3.63) is 22.4 Å². The molecule has 0 aromatic carbocycles. The Bertz CT molecular complexity index is 867. The first-order valence-corrected chi connectivity index (χ1v) is 10.1. The summed E-state index contributed by atoms with van der Waals surface area (Å²) in [6.45, 7) is 13.4. The second-order valence-corrected chi connectivity index (χ2v) is 9.90. The molecule has 2 atom stereocenters. The number of fused-ring (bicyclic) bond motifs is 1.